The van der Waals surface area contributed by atoms with E-state index >= 15 is 0 Å². The van der Waals surface area contributed by atoms with Crippen LogP contribution >= 0.6 is 11.6 Å². The summed E-state index contributed by atoms with van der Waals surface area (Å²) in [6, 6.07) is 7.78. The van der Waals surface area contributed by atoms with Gasteiger partial charge in [0, 0.05) is 11.1 Å². The topological polar surface area (TPSA) is 35.2 Å². The average molecular weight is 214 g/mol. The molecule has 2 N–H and O–H groups in total. The Balaban J connectivity index is 2.28. The lowest BCUT2D eigenvalue weighted by molar-refractivity contribution is 0.107. The van der Waals surface area contributed by atoms with Gasteiger partial charge in [0.2, 0.25) is 0 Å². The zero-order chi connectivity index (χ0) is 10.4. The zero-order valence-electron chi connectivity index (χ0n) is 8.37. The van der Waals surface area contributed by atoms with E-state index in [9.17, 15) is 0 Å². The van der Waals surface area contributed by atoms with Gasteiger partial charge < -0.3 is 10.5 Å². The van der Waals surface area contributed by atoms with Gasteiger partial charge in [-0.15, -0.1) is 0 Å². The molecule has 1 aromatic carbocycles. The van der Waals surface area contributed by atoms with Crippen molar-refractivity contribution in [3.63, 3.8) is 0 Å². The van der Waals surface area contributed by atoms with Gasteiger partial charge in [0.25, 0.3) is 0 Å². The second-order valence-electron chi connectivity index (χ2n) is 3.31. The van der Waals surface area contributed by atoms with Gasteiger partial charge in [-0.3, -0.25) is 0 Å². The van der Waals surface area contributed by atoms with Crippen molar-refractivity contribution in [2.24, 2.45) is 5.73 Å². The summed E-state index contributed by atoms with van der Waals surface area (Å²) in [6.45, 7) is 3.26. The molecule has 0 spiro atoms. The standard InChI is InChI=1S/C11H16ClNO/c1-2-11(13)8-14-7-9-3-5-10(12)6-4-9/h3-6,11H,2,7-8,13H2,1H3. The third-order valence-electron chi connectivity index (χ3n) is 2.04. The molecule has 0 bridgehead atoms. The van der Waals surface area contributed by atoms with Crippen LogP contribution in [0.25, 0.3) is 0 Å². The Bertz CT molecular complexity index is 260. The minimum absolute atomic E-state index is 0.141. The highest BCUT2D eigenvalue weighted by Crippen LogP contribution is 2.10. The van der Waals surface area contributed by atoms with Crippen molar-refractivity contribution < 1.29 is 4.74 Å². The molecule has 0 aromatic heterocycles. The van der Waals surface area contributed by atoms with E-state index in [1.165, 1.54) is 0 Å². The number of hydrogen-bond acceptors (Lipinski definition) is 2. The Labute approximate surface area is 90.0 Å². The van der Waals surface area contributed by atoms with Crippen LogP contribution < -0.4 is 5.73 Å². The molecule has 0 saturated heterocycles. The monoisotopic (exact) mass is 213 g/mol. The van der Waals surface area contributed by atoms with Crippen LogP contribution in [0, 0.1) is 0 Å². The summed E-state index contributed by atoms with van der Waals surface area (Å²) in [5.41, 5.74) is 6.84. The summed E-state index contributed by atoms with van der Waals surface area (Å²) >= 11 is 5.76. The van der Waals surface area contributed by atoms with E-state index in [0.717, 1.165) is 17.0 Å². The fourth-order valence-electron chi connectivity index (χ4n) is 1.03. The molecule has 0 heterocycles. The SMILES string of the molecule is CCC(N)COCc1ccc(Cl)cc1. The van der Waals surface area contributed by atoms with E-state index in [4.69, 9.17) is 22.1 Å². The first kappa shape index (κ1) is 11.5. The molecule has 1 unspecified atom stereocenters. The Hall–Kier alpha value is -0.570. The maximum Gasteiger partial charge on any atom is 0.0717 e. The van der Waals surface area contributed by atoms with Crippen LogP contribution in [0.1, 0.15) is 18.9 Å². The van der Waals surface area contributed by atoms with Gasteiger partial charge in [-0.05, 0) is 24.1 Å². The highest BCUT2D eigenvalue weighted by atomic mass is 35.5. The highest BCUT2D eigenvalue weighted by Gasteiger charge is 1.99. The third kappa shape index (κ3) is 4.09. The third-order valence-corrected chi connectivity index (χ3v) is 2.29. The van der Waals surface area contributed by atoms with Crippen LogP contribution in [0.2, 0.25) is 5.02 Å². The largest absolute Gasteiger partial charge is 0.375 e. The lowest BCUT2D eigenvalue weighted by Crippen LogP contribution is -2.24. The van der Waals surface area contributed by atoms with Crippen LogP contribution in [0.15, 0.2) is 24.3 Å². The molecule has 14 heavy (non-hydrogen) atoms. The smallest absolute Gasteiger partial charge is 0.0717 e. The Kier molecular flexibility index (Phi) is 4.94. The molecule has 3 heteroatoms. The molecule has 78 valence electrons. The lowest BCUT2D eigenvalue weighted by Gasteiger charge is -2.09. The van der Waals surface area contributed by atoms with E-state index in [-0.39, 0.29) is 6.04 Å². The molecule has 0 saturated carbocycles. The Morgan fingerprint density at radius 3 is 2.57 bits per heavy atom. The van der Waals surface area contributed by atoms with Gasteiger partial charge in [0.05, 0.1) is 13.2 Å². The quantitative estimate of drug-likeness (QED) is 0.816. The summed E-state index contributed by atoms with van der Waals surface area (Å²) in [5.74, 6) is 0. The number of benzene rings is 1. The van der Waals surface area contributed by atoms with E-state index < -0.39 is 0 Å². The normalized spacial score (nSPS) is 12.8. The second kappa shape index (κ2) is 6.02. The van der Waals surface area contributed by atoms with Crippen LogP contribution in [-0.2, 0) is 11.3 Å². The van der Waals surface area contributed by atoms with Crippen molar-refractivity contribution >= 4 is 11.6 Å². The summed E-state index contributed by atoms with van der Waals surface area (Å²) < 4.78 is 5.44. The molecule has 1 aromatic rings. The maximum atomic E-state index is 5.76. The second-order valence-corrected chi connectivity index (χ2v) is 3.75. The number of nitrogens with two attached hydrogens (primary N) is 1. The molecule has 0 aliphatic heterocycles. The fourth-order valence-corrected chi connectivity index (χ4v) is 1.15. The summed E-state index contributed by atoms with van der Waals surface area (Å²) in [7, 11) is 0. The zero-order valence-corrected chi connectivity index (χ0v) is 9.13. The first-order valence-electron chi connectivity index (χ1n) is 4.80. The van der Waals surface area contributed by atoms with E-state index in [0.29, 0.717) is 13.2 Å². The number of halogens is 1. The Morgan fingerprint density at radius 1 is 1.36 bits per heavy atom. The van der Waals surface area contributed by atoms with Crippen LogP contribution in [0.4, 0.5) is 0 Å². The Morgan fingerprint density at radius 2 is 2.00 bits per heavy atom. The summed E-state index contributed by atoms with van der Waals surface area (Å²) in [5, 5.41) is 0.749. The molecule has 1 atom stereocenters. The van der Waals surface area contributed by atoms with Gasteiger partial charge >= 0.3 is 0 Å². The van der Waals surface area contributed by atoms with Crippen molar-refractivity contribution in [1.29, 1.82) is 0 Å². The lowest BCUT2D eigenvalue weighted by atomic mass is 10.2. The number of ether oxygens (including phenoxy) is 1. The molecule has 2 nitrogen and oxygen atoms in total. The van der Waals surface area contributed by atoms with Gasteiger partial charge in [-0.1, -0.05) is 30.7 Å². The number of hydrogen-bond donors (Lipinski definition) is 1. The van der Waals surface area contributed by atoms with Gasteiger partial charge in [0.15, 0.2) is 0 Å². The molecule has 0 aliphatic carbocycles. The first-order chi connectivity index (χ1) is 6.72. The van der Waals surface area contributed by atoms with Crippen LogP contribution in [-0.4, -0.2) is 12.6 Å². The molecule has 0 radical (unpaired) electrons. The molecular weight excluding hydrogens is 198 g/mol. The predicted octanol–water partition coefficient (Wildman–Crippen LogP) is 2.59. The highest BCUT2D eigenvalue weighted by molar-refractivity contribution is 6.30. The van der Waals surface area contributed by atoms with Crippen molar-refractivity contribution in [3.8, 4) is 0 Å². The van der Waals surface area contributed by atoms with E-state index in [2.05, 4.69) is 6.92 Å². The van der Waals surface area contributed by atoms with Gasteiger partial charge in [-0.2, -0.15) is 0 Å². The van der Waals surface area contributed by atoms with Crippen molar-refractivity contribution in [3.05, 3.63) is 34.9 Å². The maximum absolute atomic E-state index is 5.76. The first-order valence-corrected chi connectivity index (χ1v) is 5.18. The average Bonchev–Trinajstić information content (AvgIpc) is 2.21. The van der Waals surface area contributed by atoms with E-state index in [1.54, 1.807) is 0 Å². The van der Waals surface area contributed by atoms with Crippen molar-refractivity contribution in [2.45, 2.75) is 26.0 Å². The molecule has 1 rings (SSSR count). The van der Waals surface area contributed by atoms with Crippen molar-refractivity contribution in [2.75, 3.05) is 6.61 Å². The van der Waals surface area contributed by atoms with Crippen LogP contribution in [0.5, 0.6) is 0 Å². The van der Waals surface area contributed by atoms with Crippen LogP contribution in [0.3, 0.4) is 0 Å². The summed E-state index contributed by atoms with van der Waals surface area (Å²) in [6.07, 6.45) is 0.945. The van der Waals surface area contributed by atoms with Crippen molar-refractivity contribution in [1.82, 2.24) is 0 Å². The molecular formula is C11H16ClNO. The molecule has 0 aliphatic rings. The minimum Gasteiger partial charge on any atom is -0.375 e. The number of rotatable bonds is 5. The minimum atomic E-state index is 0.141. The van der Waals surface area contributed by atoms with Gasteiger partial charge in [-0.25, -0.2) is 0 Å². The summed E-state index contributed by atoms with van der Waals surface area (Å²) in [4.78, 5) is 0. The molecule has 0 fully saturated rings. The fraction of sp³-hybridized carbons (Fsp3) is 0.455. The van der Waals surface area contributed by atoms with E-state index in [1.807, 2.05) is 24.3 Å². The predicted molar refractivity (Wildman–Crippen MR) is 59.4 cm³/mol. The molecule has 0 amide bonds. The van der Waals surface area contributed by atoms with Gasteiger partial charge in [0.1, 0.15) is 0 Å².